The van der Waals surface area contributed by atoms with Crippen molar-refractivity contribution in [2.75, 3.05) is 25.5 Å². The molecule has 0 fully saturated rings. The highest BCUT2D eigenvalue weighted by Crippen LogP contribution is 2.30. The van der Waals surface area contributed by atoms with Crippen molar-refractivity contribution in [2.24, 2.45) is 0 Å². The van der Waals surface area contributed by atoms with Crippen LogP contribution in [0.1, 0.15) is 39.4 Å². The number of para-hydroxylation sites is 1. The molecule has 5 aromatic rings. The van der Waals surface area contributed by atoms with Crippen LogP contribution >= 0.6 is 0 Å². The van der Waals surface area contributed by atoms with E-state index in [2.05, 4.69) is 73.4 Å². The number of nitrogens with one attached hydrogen (secondary N) is 3. The molecule has 0 aliphatic carbocycles. The van der Waals surface area contributed by atoms with Gasteiger partial charge in [-0.2, -0.15) is 0 Å². The van der Waals surface area contributed by atoms with Crippen LogP contribution in [0.3, 0.4) is 0 Å². The summed E-state index contributed by atoms with van der Waals surface area (Å²) in [5.41, 5.74) is 5.76. The molecular formula is C34H39N7O3. The number of H-pyrrole nitrogens is 1. The van der Waals surface area contributed by atoms with E-state index in [4.69, 9.17) is 0 Å². The Balaban J connectivity index is 0.00000141. The number of fused-ring (bicyclic) bond motifs is 1. The monoisotopic (exact) mass is 593 g/mol. The smallest absolute Gasteiger partial charge is 0.407 e. The van der Waals surface area contributed by atoms with E-state index in [9.17, 15) is 9.59 Å². The van der Waals surface area contributed by atoms with Gasteiger partial charge in [-0.15, -0.1) is 0 Å². The summed E-state index contributed by atoms with van der Waals surface area (Å²) < 4.78 is 4.55. The van der Waals surface area contributed by atoms with E-state index in [-0.39, 0.29) is 12.5 Å². The van der Waals surface area contributed by atoms with Gasteiger partial charge in [0.1, 0.15) is 24.5 Å². The molecule has 44 heavy (non-hydrogen) atoms. The summed E-state index contributed by atoms with van der Waals surface area (Å²) in [7, 11) is 1.26. The molecule has 0 radical (unpaired) electrons. The van der Waals surface area contributed by atoms with Crippen LogP contribution in [-0.4, -0.2) is 57.0 Å². The zero-order valence-corrected chi connectivity index (χ0v) is 25.6. The molecule has 2 heterocycles. The lowest BCUT2D eigenvalue weighted by Gasteiger charge is -2.21. The molecule has 0 unspecified atom stereocenters. The second-order valence-electron chi connectivity index (χ2n) is 10.1. The third kappa shape index (κ3) is 8.41. The number of aromatic nitrogens is 4. The molecule has 0 bridgehead atoms. The van der Waals surface area contributed by atoms with Gasteiger partial charge in [0.05, 0.1) is 31.1 Å². The van der Waals surface area contributed by atoms with Gasteiger partial charge < -0.3 is 25.3 Å². The van der Waals surface area contributed by atoms with Crippen molar-refractivity contribution in [3.63, 3.8) is 0 Å². The Kier molecular flexibility index (Phi) is 11.4. The fourth-order valence-corrected chi connectivity index (χ4v) is 4.50. The Bertz CT molecular complexity index is 1650. The van der Waals surface area contributed by atoms with Crippen molar-refractivity contribution in [2.45, 2.75) is 40.2 Å². The maximum absolute atomic E-state index is 12.6. The van der Waals surface area contributed by atoms with E-state index in [1.807, 2.05) is 55.5 Å². The van der Waals surface area contributed by atoms with Gasteiger partial charge in [0.25, 0.3) is 0 Å². The van der Waals surface area contributed by atoms with E-state index < -0.39 is 6.09 Å². The number of anilines is 2. The summed E-state index contributed by atoms with van der Waals surface area (Å²) in [6.07, 6.45) is 4.72. The molecule has 0 aliphatic heterocycles. The first-order valence-corrected chi connectivity index (χ1v) is 14.8. The van der Waals surface area contributed by atoms with Crippen LogP contribution in [-0.2, 0) is 16.1 Å². The number of hydrogen-bond acceptors (Lipinski definition) is 7. The number of hydrogen-bond donors (Lipinski definition) is 3. The normalized spacial score (nSPS) is 10.5. The topological polar surface area (TPSA) is 125 Å². The van der Waals surface area contributed by atoms with Crippen LogP contribution in [0.15, 0.2) is 85.3 Å². The standard InChI is InChI=1S/C31H31N7O3.C3H8/c1-3-15-38(29(39)18-33-31(40)41-2)19-28-32-17-27(37-28)22-11-9-21(10-12-22)23-13-14-26-25(16-23)30(35-20-34-26)36-24-7-5-4-6-8-24;1-3-2/h4-14,16-17,20H,3,15,18-19H2,1-2H3,(H,32,37)(H,33,40)(H,34,35,36);3H2,1-2H3. The second-order valence-corrected chi connectivity index (χ2v) is 10.1. The van der Waals surface area contributed by atoms with Gasteiger partial charge in [-0.3, -0.25) is 4.79 Å². The van der Waals surface area contributed by atoms with Crippen molar-refractivity contribution >= 4 is 34.4 Å². The average molecular weight is 594 g/mol. The van der Waals surface area contributed by atoms with Gasteiger partial charge in [-0.1, -0.05) is 75.7 Å². The van der Waals surface area contributed by atoms with Gasteiger partial charge in [0.15, 0.2) is 0 Å². The van der Waals surface area contributed by atoms with Gasteiger partial charge in [0, 0.05) is 17.6 Å². The van der Waals surface area contributed by atoms with Crippen LogP contribution in [0, 0.1) is 0 Å². The van der Waals surface area contributed by atoms with Gasteiger partial charge in [0.2, 0.25) is 5.91 Å². The van der Waals surface area contributed by atoms with Crippen molar-refractivity contribution in [1.29, 1.82) is 0 Å². The molecule has 0 aliphatic rings. The lowest BCUT2D eigenvalue weighted by molar-refractivity contribution is -0.130. The summed E-state index contributed by atoms with van der Waals surface area (Å²) in [4.78, 5) is 42.3. The highest BCUT2D eigenvalue weighted by molar-refractivity contribution is 5.94. The minimum atomic E-state index is -0.639. The van der Waals surface area contributed by atoms with E-state index in [0.29, 0.717) is 18.9 Å². The number of ether oxygens (including phenoxy) is 1. The fraction of sp³-hybridized carbons (Fsp3) is 0.265. The Morgan fingerprint density at radius 3 is 2.30 bits per heavy atom. The molecule has 2 aromatic heterocycles. The average Bonchev–Trinajstić information content (AvgIpc) is 3.53. The van der Waals surface area contributed by atoms with Crippen LogP contribution in [0.25, 0.3) is 33.3 Å². The van der Waals surface area contributed by atoms with Crippen LogP contribution in [0.2, 0.25) is 0 Å². The van der Waals surface area contributed by atoms with Gasteiger partial charge in [-0.05, 0) is 47.4 Å². The quantitative estimate of drug-likeness (QED) is 0.160. The maximum atomic E-state index is 12.6. The molecule has 10 nitrogen and oxygen atoms in total. The number of imidazole rings is 1. The first-order chi connectivity index (χ1) is 21.4. The number of carbonyl (C=O) groups is 2. The number of aromatic amines is 1. The predicted molar refractivity (Wildman–Crippen MR) is 174 cm³/mol. The number of nitrogens with zero attached hydrogens (tertiary/aromatic N) is 4. The van der Waals surface area contributed by atoms with E-state index in [0.717, 1.165) is 51.2 Å². The predicted octanol–water partition coefficient (Wildman–Crippen LogP) is 6.94. The molecular weight excluding hydrogens is 554 g/mol. The number of amides is 2. The largest absolute Gasteiger partial charge is 0.453 e. The molecule has 2 amide bonds. The highest BCUT2D eigenvalue weighted by atomic mass is 16.5. The number of alkyl carbamates (subject to hydrolysis) is 1. The minimum Gasteiger partial charge on any atom is -0.453 e. The molecule has 3 N–H and O–H groups in total. The van der Waals surface area contributed by atoms with Crippen molar-refractivity contribution in [3.8, 4) is 22.4 Å². The summed E-state index contributed by atoms with van der Waals surface area (Å²) in [6, 6.07) is 24.3. The number of carbonyl (C=O) groups excluding carboxylic acids is 2. The van der Waals surface area contributed by atoms with E-state index >= 15 is 0 Å². The molecule has 0 saturated heterocycles. The Morgan fingerprint density at radius 1 is 0.886 bits per heavy atom. The maximum Gasteiger partial charge on any atom is 0.407 e. The Morgan fingerprint density at radius 2 is 1.59 bits per heavy atom. The first-order valence-electron chi connectivity index (χ1n) is 14.8. The molecule has 0 saturated carbocycles. The fourth-order valence-electron chi connectivity index (χ4n) is 4.50. The van der Waals surface area contributed by atoms with Crippen molar-refractivity contribution in [3.05, 3.63) is 91.1 Å². The third-order valence-corrected chi connectivity index (χ3v) is 6.59. The Labute approximate surface area is 257 Å². The lowest BCUT2D eigenvalue weighted by Crippen LogP contribution is -2.40. The van der Waals surface area contributed by atoms with Crippen LogP contribution in [0.4, 0.5) is 16.3 Å². The molecule has 10 heteroatoms. The molecule has 3 aromatic carbocycles. The van der Waals surface area contributed by atoms with Crippen LogP contribution in [0.5, 0.6) is 0 Å². The van der Waals surface area contributed by atoms with E-state index in [1.165, 1.54) is 13.5 Å². The SMILES string of the molecule is CCC.CCCN(Cc1ncc(-c2ccc(-c3ccc4ncnc(Nc5ccccc5)c4c3)cc2)[nH]1)C(=O)CNC(=O)OC. The molecule has 0 spiro atoms. The van der Waals surface area contributed by atoms with Crippen molar-refractivity contribution < 1.29 is 14.3 Å². The number of methoxy groups -OCH3 is 1. The van der Waals surface area contributed by atoms with E-state index in [1.54, 1.807) is 17.4 Å². The number of benzene rings is 3. The molecule has 228 valence electrons. The third-order valence-electron chi connectivity index (χ3n) is 6.59. The minimum absolute atomic E-state index is 0.133. The van der Waals surface area contributed by atoms with Gasteiger partial charge in [-0.25, -0.2) is 19.7 Å². The molecule has 5 rings (SSSR count). The zero-order valence-electron chi connectivity index (χ0n) is 25.6. The zero-order chi connectivity index (χ0) is 31.3. The Hall–Kier alpha value is -5.25. The summed E-state index contributed by atoms with van der Waals surface area (Å²) >= 11 is 0. The van der Waals surface area contributed by atoms with Crippen LogP contribution < -0.4 is 10.6 Å². The molecule has 0 atom stereocenters. The summed E-state index contributed by atoms with van der Waals surface area (Å²) in [5, 5.41) is 6.76. The summed E-state index contributed by atoms with van der Waals surface area (Å²) in [5.74, 6) is 1.21. The first kappa shape index (κ1) is 31.7. The highest BCUT2D eigenvalue weighted by Gasteiger charge is 2.16. The lowest BCUT2D eigenvalue weighted by atomic mass is 10.0. The summed E-state index contributed by atoms with van der Waals surface area (Å²) in [6.45, 7) is 6.97. The van der Waals surface area contributed by atoms with Crippen molar-refractivity contribution in [1.82, 2.24) is 30.2 Å². The number of rotatable bonds is 10. The second kappa shape index (κ2) is 15.8. The van der Waals surface area contributed by atoms with Gasteiger partial charge >= 0.3 is 6.09 Å².